The van der Waals surface area contributed by atoms with E-state index >= 15 is 0 Å². The van der Waals surface area contributed by atoms with Crippen LogP contribution in [0.4, 0.5) is 5.82 Å². The SMILES string of the molecule is NNc1nc2ccccc2n2cccc12. The molecule has 4 nitrogen and oxygen atoms in total. The first-order valence-corrected chi connectivity index (χ1v) is 4.72. The number of hydrogen-bond donors (Lipinski definition) is 2. The smallest absolute Gasteiger partial charge is 0.165 e. The molecular weight excluding hydrogens is 188 g/mol. The van der Waals surface area contributed by atoms with Gasteiger partial charge < -0.3 is 9.83 Å². The van der Waals surface area contributed by atoms with Crippen molar-refractivity contribution in [3.63, 3.8) is 0 Å². The number of nitrogens with zero attached hydrogens (tertiary/aromatic N) is 2. The average molecular weight is 198 g/mol. The van der Waals surface area contributed by atoms with Crippen LogP contribution in [0.2, 0.25) is 0 Å². The minimum absolute atomic E-state index is 0.693. The Balaban J connectivity index is 2.57. The van der Waals surface area contributed by atoms with Crippen LogP contribution in [0.1, 0.15) is 0 Å². The molecule has 0 aliphatic rings. The second-order valence-electron chi connectivity index (χ2n) is 3.36. The zero-order valence-electron chi connectivity index (χ0n) is 8.01. The Morgan fingerprint density at radius 1 is 1.07 bits per heavy atom. The number of para-hydroxylation sites is 2. The van der Waals surface area contributed by atoms with Gasteiger partial charge in [-0.25, -0.2) is 10.8 Å². The third kappa shape index (κ3) is 1.08. The molecule has 74 valence electrons. The molecule has 0 amide bonds. The third-order valence-electron chi connectivity index (χ3n) is 2.50. The minimum atomic E-state index is 0.693. The van der Waals surface area contributed by atoms with E-state index in [2.05, 4.69) is 14.8 Å². The number of benzene rings is 1. The van der Waals surface area contributed by atoms with Crippen molar-refractivity contribution in [1.82, 2.24) is 9.38 Å². The van der Waals surface area contributed by atoms with Crippen LogP contribution >= 0.6 is 0 Å². The number of nitrogens with two attached hydrogens (primary N) is 1. The molecule has 0 atom stereocenters. The maximum absolute atomic E-state index is 5.44. The van der Waals surface area contributed by atoms with Crippen LogP contribution in [-0.4, -0.2) is 9.38 Å². The van der Waals surface area contributed by atoms with E-state index in [1.165, 1.54) is 0 Å². The van der Waals surface area contributed by atoms with Gasteiger partial charge in [-0.3, -0.25) is 0 Å². The molecule has 0 radical (unpaired) electrons. The zero-order valence-corrected chi connectivity index (χ0v) is 8.01. The normalized spacial score (nSPS) is 11.0. The molecule has 0 fully saturated rings. The fourth-order valence-corrected chi connectivity index (χ4v) is 1.83. The highest BCUT2D eigenvalue weighted by atomic mass is 15.3. The summed E-state index contributed by atoms with van der Waals surface area (Å²) in [5.74, 6) is 6.13. The maximum Gasteiger partial charge on any atom is 0.165 e. The number of anilines is 1. The van der Waals surface area contributed by atoms with Gasteiger partial charge in [-0.1, -0.05) is 12.1 Å². The van der Waals surface area contributed by atoms with Gasteiger partial charge in [0.05, 0.1) is 16.6 Å². The molecule has 0 aliphatic carbocycles. The van der Waals surface area contributed by atoms with Crippen molar-refractivity contribution in [3.05, 3.63) is 42.6 Å². The predicted octanol–water partition coefficient (Wildman–Crippen LogP) is 1.77. The van der Waals surface area contributed by atoms with Crippen LogP contribution in [0.3, 0.4) is 0 Å². The Hall–Kier alpha value is -2.07. The molecule has 0 aliphatic heterocycles. The molecule has 3 rings (SSSR count). The molecular formula is C11H10N4. The summed E-state index contributed by atoms with van der Waals surface area (Å²) in [6.45, 7) is 0. The van der Waals surface area contributed by atoms with E-state index in [1.807, 2.05) is 42.6 Å². The summed E-state index contributed by atoms with van der Waals surface area (Å²) in [5.41, 5.74) is 5.60. The Kier molecular flexibility index (Phi) is 1.63. The first-order valence-electron chi connectivity index (χ1n) is 4.72. The van der Waals surface area contributed by atoms with Gasteiger partial charge >= 0.3 is 0 Å². The number of rotatable bonds is 1. The van der Waals surface area contributed by atoms with Crippen molar-refractivity contribution in [1.29, 1.82) is 0 Å². The molecule has 0 saturated carbocycles. The lowest BCUT2D eigenvalue weighted by molar-refractivity contribution is 1.19. The minimum Gasteiger partial charge on any atom is -0.312 e. The first kappa shape index (κ1) is 8.26. The van der Waals surface area contributed by atoms with Gasteiger partial charge in [0.25, 0.3) is 0 Å². The summed E-state index contributed by atoms with van der Waals surface area (Å²) in [6, 6.07) is 11.9. The summed E-state index contributed by atoms with van der Waals surface area (Å²) in [6.07, 6.45) is 2.00. The van der Waals surface area contributed by atoms with Crippen LogP contribution in [-0.2, 0) is 0 Å². The second kappa shape index (κ2) is 2.96. The highest BCUT2D eigenvalue weighted by Crippen LogP contribution is 2.21. The number of fused-ring (bicyclic) bond motifs is 3. The molecule has 0 saturated heterocycles. The van der Waals surface area contributed by atoms with Crippen LogP contribution < -0.4 is 11.3 Å². The van der Waals surface area contributed by atoms with Crippen LogP contribution in [0, 0.1) is 0 Å². The summed E-state index contributed by atoms with van der Waals surface area (Å²) in [5, 5.41) is 0. The van der Waals surface area contributed by atoms with E-state index in [0.717, 1.165) is 16.6 Å². The van der Waals surface area contributed by atoms with E-state index in [1.54, 1.807) is 0 Å². The van der Waals surface area contributed by atoms with E-state index in [-0.39, 0.29) is 0 Å². The molecule has 2 aromatic heterocycles. The van der Waals surface area contributed by atoms with Crippen molar-refractivity contribution in [3.8, 4) is 0 Å². The lowest BCUT2D eigenvalue weighted by atomic mass is 10.3. The van der Waals surface area contributed by atoms with Crippen LogP contribution in [0.15, 0.2) is 42.6 Å². The molecule has 3 aromatic rings. The van der Waals surface area contributed by atoms with Crippen molar-refractivity contribution < 1.29 is 0 Å². The maximum atomic E-state index is 5.44. The molecule has 0 bridgehead atoms. The standard InChI is InChI=1S/C11H10N4/c12-14-11-10-6-3-7-15(10)9-5-2-1-4-8(9)13-11/h1-7H,12H2,(H,13,14). The van der Waals surface area contributed by atoms with E-state index in [9.17, 15) is 0 Å². The number of hydrazine groups is 1. The van der Waals surface area contributed by atoms with Gasteiger partial charge in [0, 0.05) is 6.20 Å². The molecule has 0 unspecified atom stereocenters. The number of nitrogen functional groups attached to an aromatic ring is 1. The Morgan fingerprint density at radius 2 is 1.87 bits per heavy atom. The molecule has 0 spiro atoms. The summed E-state index contributed by atoms with van der Waals surface area (Å²) in [4.78, 5) is 4.44. The summed E-state index contributed by atoms with van der Waals surface area (Å²) in [7, 11) is 0. The Bertz CT molecular complexity index is 627. The Morgan fingerprint density at radius 3 is 2.73 bits per heavy atom. The lowest BCUT2D eigenvalue weighted by Gasteiger charge is -2.06. The fraction of sp³-hybridized carbons (Fsp3) is 0. The number of aromatic nitrogens is 2. The summed E-state index contributed by atoms with van der Waals surface area (Å²) < 4.78 is 2.07. The van der Waals surface area contributed by atoms with Gasteiger partial charge in [0.15, 0.2) is 5.82 Å². The van der Waals surface area contributed by atoms with E-state index < -0.39 is 0 Å². The predicted molar refractivity (Wildman–Crippen MR) is 60.5 cm³/mol. The second-order valence-corrected chi connectivity index (χ2v) is 3.36. The summed E-state index contributed by atoms with van der Waals surface area (Å²) >= 11 is 0. The lowest BCUT2D eigenvalue weighted by Crippen LogP contribution is -2.10. The quantitative estimate of drug-likeness (QED) is 0.463. The highest BCUT2D eigenvalue weighted by molar-refractivity contribution is 5.84. The van der Waals surface area contributed by atoms with Gasteiger partial charge in [0.1, 0.15) is 0 Å². The fourth-order valence-electron chi connectivity index (χ4n) is 1.83. The highest BCUT2D eigenvalue weighted by Gasteiger charge is 2.05. The van der Waals surface area contributed by atoms with Gasteiger partial charge in [-0.2, -0.15) is 0 Å². The molecule has 2 heterocycles. The largest absolute Gasteiger partial charge is 0.312 e. The van der Waals surface area contributed by atoms with Crippen LogP contribution in [0.25, 0.3) is 16.6 Å². The first-order chi connectivity index (χ1) is 7.40. The molecule has 3 N–H and O–H groups in total. The van der Waals surface area contributed by atoms with E-state index in [4.69, 9.17) is 5.84 Å². The van der Waals surface area contributed by atoms with Gasteiger partial charge in [-0.15, -0.1) is 0 Å². The average Bonchev–Trinajstić information content (AvgIpc) is 2.77. The van der Waals surface area contributed by atoms with Crippen molar-refractivity contribution in [2.24, 2.45) is 5.84 Å². The van der Waals surface area contributed by atoms with Crippen molar-refractivity contribution in [2.45, 2.75) is 0 Å². The van der Waals surface area contributed by atoms with Gasteiger partial charge in [0.2, 0.25) is 0 Å². The van der Waals surface area contributed by atoms with Crippen LogP contribution in [0.5, 0.6) is 0 Å². The molecule has 1 aromatic carbocycles. The monoisotopic (exact) mass is 198 g/mol. The topological polar surface area (TPSA) is 55.3 Å². The van der Waals surface area contributed by atoms with Gasteiger partial charge in [-0.05, 0) is 24.3 Å². The third-order valence-corrected chi connectivity index (χ3v) is 2.50. The van der Waals surface area contributed by atoms with Crippen molar-refractivity contribution in [2.75, 3.05) is 5.43 Å². The molecule has 4 heteroatoms. The number of hydrogen-bond acceptors (Lipinski definition) is 3. The molecule has 15 heavy (non-hydrogen) atoms. The number of nitrogens with one attached hydrogen (secondary N) is 1. The zero-order chi connectivity index (χ0) is 10.3. The Labute approximate surface area is 86.3 Å². The van der Waals surface area contributed by atoms with Crippen molar-refractivity contribution >= 4 is 22.4 Å². The van der Waals surface area contributed by atoms with E-state index in [0.29, 0.717) is 5.82 Å².